The van der Waals surface area contributed by atoms with Crippen LogP contribution in [0.15, 0.2) is 54.2 Å². The number of nitrogens with zero attached hydrogens (tertiary/aromatic N) is 2. The maximum atomic E-state index is 12.9. The SMILES string of the molecule is COc1cccc(C(O)=C2C(=O)C(=O)N(CCC[NH+](C)C)[C@H]2c2ccccn2)c1. The predicted molar refractivity (Wildman–Crippen MR) is 109 cm³/mol. The lowest BCUT2D eigenvalue weighted by Gasteiger charge is -2.24. The molecule has 2 N–H and O–H groups in total. The third-order valence-corrected chi connectivity index (χ3v) is 4.93. The van der Waals surface area contributed by atoms with Crippen LogP contribution in [0.2, 0.25) is 0 Å². The van der Waals surface area contributed by atoms with Crippen LogP contribution in [-0.4, -0.2) is 61.0 Å². The van der Waals surface area contributed by atoms with Crippen molar-refractivity contribution in [2.45, 2.75) is 12.5 Å². The zero-order chi connectivity index (χ0) is 21.0. The lowest BCUT2D eigenvalue weighted by atomic mass is 9.98. The van der Waals surface area contributed by atoms with Crippen LogP contribution in [0.1, 0.15) is 23.7 Å². The highest BCUT2D eigenvalue weighted by Crippen LogP contribution is 2.38. The average molecular weight is 396 g/mol. The van der Waals surface area contributed by atoms with Gasteiger partial charge in [0.15, 0.2) is 0 Å². The number of rotatable bonds is 7. The molecule has 7 nitrogen and oxygen atoms in total. The first-order chi connectivity index (χ1) is 13.9. The Morgan fingerprint density at radius 1 is 1.21 bits per heavy atom. The topological polar surface area (TPSA) is 84.2 Å². The molecular weight excluding hydrogens is 370 g/mol. The minimum absolute atomic E-state index is 0.0548. The molecule has 29 heavy (non-hydrogen) atoms. The van der Waals surface area contributed by atoms with Gasteiger partial charge in [-0.25, -0.2) is 0 Å². The summed E-state index contributed by atoms with van der Waals surface area (Å²) in [5.41, 5.74) is 1.02. The molecule has 1 aliphatic heterocycles. The van der Waals surface area contributed by atoms with E-state index in [-0.39, 0.29) is 11.3 Å². The molecule has 2 heterocycles. The van der Waals surface area contributed by atoms with Gasteiger partial charge in [-0.05, 0) is 24.3 Å². The number of quaternary nitrogens is 1. The quantitative estimate of drug-likeness (QED) is 0.415. The second-order valence-electron chi connectivity index (χ2n) is 7.29. The van der Waals surface area contributed by atoms with E-state index in [0.717, 1.165) is 13.0 Å². The van der Waals surface area contributed by atoms with Crippen molar-refractivity contribution >= 4 is 17.4 Å². The Kier molecular flexibility index (Phi) is 6.29. The number of nitrogens with one attached hydrogen (secondary N) is 1. The maximum absolute atomic E-state index is 12.9. The molecule has 1 saturated heterocycles. The third kappa shape index (κ3) is 4.30. The number of carbonyl (C=O) groups is 2. The van der Waals surface area contributed by atoms with Gasteiger partial charge in [-0.1, -0.05) is 18.2 Å². The van der Waals surface area contributed by atoms with E-state index in [1.54, 1.807) is 48.7 Å². The summed E-state index contributed by atoms with van der Waals surface area (Å²) in [5.74, 6) is -0.984. The fourth-order valence-corrected chi connectivity index (χ4v) is 3.48. The zero-order valence-corrected chi connectivity index (χ0v) is 16.9. The minimum Gasteiger partial charge on any atom is -0.507 e. The Morgan fingerprint density at radius 3 is 2.66 bits per heavy atom. The monoisotopic (exact) mass is 396 g/mol. The number of aromatic nitrogens is 1. The van der Waals surface area contributed by atoms with E-state index >= 15 is 0 Å². The summed E-state index contributed by atoms with van der Waals surface area (Å²) in [4.78, 5) is 32.8. The van der Waals surface area contributed by atoms with Crippen LogP contribution in [0.25, 0.3) is 5.76 Å². The lowest BCUT2D eigenvalue weighted by molar-refractivity contribution is -0.858. The van der Waals surface area contributed by atoms with Crippen molar-refractivity contribution in [3.05, 3.63) is 65.5 Å². The molecule has 2 aromatic rings. The Hall–Kier alpha value is -3.19. The van der Waals surface area contributed by atoms with Crippen molar-refractivity contribution in [2.75, 3.05) is 34.3 Å². The molecule has 1 aliphatic rings. The second-order valence-corrected chi connectivity index (χ2v) is 7.29. The van der Waals surface area contributed by atoms with Gasteiger partial charge < -0.3 is 19.6 Å². The first-order valence-corrected chi connectivity index (χ1v) is 9.57. The number of methoxy groups -OCH3 is 1. The number of ketones is 1. The third-order valence-electron chi connectivity index (χ3n) is 4.93. The lowest BCUT2D eigenvalue weighted by Crippen LogP contribution is -3.05. The van der Waals surface area contributed by atoms with Gasteiger partial charge in [0.2, 0.25) is 0 Å². The maximum Gasteiger partial charge on any atom is 0.295 e. The number of Topliss-reactive ketones (excluding diaryl/α,β-unsaturated/α-hetero) is 1. The number of likely N-dealkylation sites (tertiary alicyclic amines) is 1. The summed E-state index contributed by atoms with van der Waals surface area (Å²) >= 11 is 0. The number of amides is 1. The summed E-state index contributed by atoms with van der Waals surface area (Å²) in [5, 5.41) is 11.0. The number of aliphatic hydroxyl groups excluding tert-OH is 1. The first-order valence-electron chi connectivity index (χ1n) is 9.57. The number of benzene rings is 1. The molecule has 1 fully saturated rings. The standard InChI is InChI=1S/C22H25N3O4/c1-24(2)12-7-13-25-19(17-10-4-5-11-23-17)18(21(27)22(25)28)20(26)15-8-6-9-16(14-15)29-3/h4-6,8-11,14,19,26H,7,12-13H2,1-3H3/p+1/t19-/m0/s1. The van der Waals surface area contributed by atoms with E-state index in [4.69, 9.17) is 4.74 Å². The first kappa shape index (κ1) is 20.5. The summed E-state index contributed by atoms with van der Waals surface area (Å²) < 4.78 is 5.21. The Balaban J connectivity index is 2.07. The van der Waals surface area contributed by atoms with E-state index in [0.29, 0.717) is 23.6 Å². The fraction of sp³-hybridized carbons (Fsp3) is 0.318. The molecule has 1 atom stereocenters. The van der Waals surface area contributed by atoms with Crippen molar-refractivity contribution in [3.63, 3.8) is 0 Å². The number of aliphatic hydroxyl groups is 1. The Labute approximate surface area is 170 Å². The van der Waals surface area contributed by atoms with Crippen LogP contribution in [0.3, 0.4) is 0 Å². The normalized spacial score (nSPS) is 18.5. The van der Waals surface area contributed by atoms with Crippen molar-refractivity contribution in [1.29, 1.82) is 0 Å². The second kappa shape index (κ2) is 8.87. The van der Waals surface area contributed by atoms with E-state index in [1.165, 1.54) is 16.9 Å². The van der Waals surface area contributed by atoms with Crippen LogP contribution in [0.5, 0.6) is 5.75 Å². The zero-order valence-electron chi connectivity index (χ0n) is 16.9. The van der Waals surface area contributed by atoms with Crippen LogP contribution in [0.4, 0.5) is 0 Å². The molecule has 3 rings (SSSR count). The van der Waals surface area contributed by atoms with Crippen molar-refractivity contribution in [1.82, 2.24) is 9.88 Å². The molecule has 0 bridgehead atoms. The highest BCUT2D eigenvalue weighted by Gasteiger charge is 2.46. The van der Waals surface area contributed by atoms with Crippen LogP contribution in [-0.2, 0) is 9.59 Å². The van der Waals surface area contributed by atoms with E-state index in [1.807, 2.05) is 14.1 Å². The van der Waals surface area contributed by atoms with Crippen molar-refractivity contribution < 1.29 is 24.3 Å². The van der Waals surface area contributed by atoms with Crippen molar-refractivity contribution in [3.8, 4) is 5.75 Å². The smallest absolute Gasteiger partial charge is 0.295 e. The van der Waals surface area contributed by atoms with E-state index in [9.17, 15) is 14.7 Å². The molecule has 1 aromatic carbocycles. The molecule has 1 aromatic heterocycles. The molecule has 1 amide bonds. The van der Waals surface area contributed by atoms with Gasteiger partial charge in [-0.3, -0.25) is 14.6 Å². The van der Waals surface area contributed by atoms with Crippen LogP contribution >= 0.6 is 0 Å². The summed E-state index contributed by atoms with van der Waals surface area (Å²) in [6.07, 6.45) is 2.35. The predicted octanol–water partition coefficient (Wildman–Crippen LogP) is 1.05. The van der Waals surface area contributed by atoms with Gasteiger partial charge in [0.1, 0.15) is 17.6 Å². The molecule has 0 radical (unpaired) electrons. The van der Waals surface area contributed by atoms with E-state index in [2.05, 4.69) is 4.98 Å². The van der Waals surface area contributed by atoms with Gasteiger partial charge in [0, 0.05) is 24.7 Å². The average Bonchev–Trinajstić information content (AvgIpc) is 2.98. The molecule has 152 valence electrons. The number of hydrogen-bond donors (Lipinski definition) is 2. The van der Waals surface area contributed by atoms with Gasteiger partial charge in [0.25, 0.3) is 11.7 Å². The molecule has 0 unspecified atom stereocenters. The Bertz CT molecular complexity index is 925. The van der Waals surface area contributed by atoms with Crippen LogP contribution < -0.4 is 9.64 Å². The fourth-order valence-electron chi connectivity index (χ4n) is 3.48. The molecule has 0 spiro atoms. The van der Waals surface area contributed by atoms with E-state index < -0.39 is 17.7 Å². The van der Waals surface area contributed by atoms with Crippen LogP contribution in [0, 0.1) is 0 Å². The largest absolute Gasteiger partial charge is 0.507 e. The summed E-state index contributed by atoms with van der Waals surface area (Å²) in [6, 6.07) is 11.4. The van der Waals surface area contributed by atoms with Crippen molar-refractivity contribution in [2.24, 2.45) is 0 Å². The number of pyridine rings is 1. The van der Waals surface area contributed by atoms with Gasteiger partial charge >= 0.3 is 0 Å². The number of ether oxygens (including phenoxy) is 1. The molecule has 0 aliphatic carbocycles. The molecule has 7 heteroatoms. The Morgan fingerprint density at radius 2 is 2.00 bits per heavy atom. The summed E-state index contributed by atoms with van der Waals surface area (Å²) in [6.45, 7) is 1.26. The minimum atomic E-state index is -0.723. The number of carbonyl (C=O) groups excluding carboxylic acids is 2. The highest BCUT2D eigenvalue weighted by molar-refractivity contribution is 6.46. The number of hydrogen-bond acceptors (Lipinski definition) is 5. The molecule has 0 saturated carbocycles. The van der Waals surface area contributed by atoms with Gasteiger partial charge in [-0.15, -0.1) is 0 Å². The highest BCUT2D eigenvalue weighted by atomic mass is 16.5. The van der Waals surface area contributed by atoms with Gasteiger partial charge in [0.05, 0.1) is 39.0 Å². The summed E-state index contributed by atoms with van der Waals surface area (Å²) in [7, 11) is 5.60. The molecular formula is C22H26N3O4+. The van der Waals surface area contributed by atoms with Gasteiger partial charge in [-0.2, -0.15) is 0 Å².